The Balaban J connectivity index is 2.32. The monoisotopic (exact) mass is 277 g/mol. The molecule has 1 fully saturated rings. The number of nitrogens with zero attached hydrogens (tertiary/aromatic N) is 2. The average Bonchev–Trinajstić information content (AvgIpc) is 2.30. The lowest BCUT2D eigenvalue weighted by Gasteiger charge is -2.31. The minimum atomic E-state index is -3.28. The first-order chi connectivity index (χ1) is 8.49. The molecule has 5 nitrogen and oxygen atoms in total. The Morgan fingerprint density at radius 1 is 1.33 bits per heavy atom. The van der Waals surface area contributed by atoms with Gasteiger partial charge in [-0.15, -0.1) is 0 Å². The van der Waals surface area contributed by atoms with E-state index in [1.165, 1.54) is 17.1 Å². The van der Waals surface area contributed by atoms with Crippen molar-refractivity contribution in [3.63, 3.8) is 0 Å². The Morgan fingerprint density at radius 3 is 2.56 bits per heavy atom. The SMILES string of the molecule is CCN(CC)S(=O)(=O)NCCN1CCC[C@@H](C)C1. The maximum Gasteiger partial charge on any atom is 0.279 e. The second kappa shape index (κ2) is 7.43. The summed E-state index contributed by atoms with van der Waals surface area (Å²) in [4.78, 5) is 2.35. The highest BCUT2D eigenvalue weighted by Crippen LogP contribution is 2.14. The van der Waals surface area contributed by atoms with E-state index in [-0.39, 0.29) is 0 Å². The van der Waals surface area contributed by atoms with Gasteiger partial charge in [0.25, 0.3) is 10.2 Å². The summed E-state index contributed by atoms with van der Waals surface area (Å²) in [5.74, 6) is 0.734. The molecule has 18 heavy (non-hydrogen) atoms. The molecular formula is C12H27N3O2S. The summed E-state index contributed by atoms with van der Waals surface area (Å²) in [7, 11) is -3.28. The van der Waals surface area contributed by atoms with E-state index >= 15 is 0 Å². The zero-order chi connectivity index (χ0) is 13.6. The molecule has 0 aromatic heterocycles. The minimum absolute atomic E-state index is 0.506. The molecule has 0 bridgehead atoms. The van der Waals surface area contributed by atoms with Crippen molar-refractivity contribution >= 4 is 10.2 Å². The second-order valence-corrected chi connectivity index (χ2v) is 6.79. The van der Waals surface area contributed by atoms with Crippen LogP contribution in [-0.2, 0) is 10.2 Å². The lowest BCUT2D eigenvalue weighted by atomic mass is 10.0. The van der Waals surface area contributed by atoms with Crippen LogP contribution in [0.2, 0.25) is 0 Å². The van der Waals surface area contributed by atoms with Gasteiger partial charge in [0.1, 0.15) is 0 Å². The van der Waals surface area contributed by atoms with Gasteiger partial charge in [-0.1, -0.05) is 20.8 Å². The van der Waals surface area contributed by atoms with Crippen LogP contribution < -0.4 is 4.72 Å². The van der Waals surface area contributed by atoms with E-state index in [0.29, 0.717) is 19.6 Å². The molecule has 0 saturated carbocycles. The van der Waals surface area contributed by atoms with E-state index in [0.717, 1.165) is 25.6 Å². The molecule has 1 heterocycles. The smallest absolute Gasteiger partial charge is 0.279 e. The maximum absolute atomic E-state index is 11.9. The fourth-order valence-electron chi connectivity index (χ4n) is 2.48. The van der Waals surface area contributed by atoms with Crippen molar-refractivity contribution in [2.75, 3.05) is 39.3 Å². The molecule has 1 N–H and O–H groups in total. The van der Waals surface area contributed by atoms with Crippen LogP contribution in [0.4, 0.5) is 0 Å². The Hall–Kier alpha value is -0.170. The van der Waals surface area contributed by atoms with Gasteiger partial charge in [0.05, 0.1) is 0 Å². The summed E-state index contributed by atoms with van der Waals surface area (Å²) in [6, 6.07) is 0. The van der Waals surface area contributed by atoms with Crippen LogP contribution in [0, 0.1) is 5.92 Å². The summed E-state index contributed by atoms with van der Waals surface area (Å²) in [6.45, 7) is 10.5. The molecule has 0 aromatic rings. The predicted octanol–water partition coefficient (Wildman–Crippen LogP) is 0.895. The molecule has 0 amide bonds. The first kappa shape index (κ1) is 15.9. The van der Waals surface area contributed by atoms with E-state index < -0.39 is 10.2 Å². The highest BCUT2D eigenvalue weighted by atomic mass is 32.2. The van der Waals surface area contributed by atoms with Crippen molar-refractivity contribution in [3.05, 3.63) is 0 Å². The topological polar surface area (TPSA) is 52.7 Å². The van der Waals surface area contributed by atoms with Crippen molar-refractivity contribution in [1.29, 1.82) is 0 Å². The predicted molar refractivity (Wildman–Crippen MR) is 74.7 cm³/mol. The third kappa shape index (κ3) is 4.84. The van der Waals surface area contributed by atoms with Crippen LogP contribution >= 0.6 is 0 Å². The van der Waals surface area contributed by atoms with Gasteiger partial charge in [-0.25, -0.2) is 4.72 Å². The van der Waals surface area contributed by atoms with Crippen molar-refractivity contribution in [2.24, 2.45) is 5.92 Å². The standard InChI is InChI=1S/C12H27N3O2S/c1-4-15(5-2)18(16,17)13-8-10-14-9-6-7-12(3)11-14/h12-13H,4-11H2,1-3H3/t12-/m1/s1. The molecule has 1 saturated heterocycles. The van der Waals surface area contributed by atoms with Crippen LogP contribution in [0.15, 0.2) is 0 Å². The number of piperidine rings is 1. The van der Waals surface area contributed by atoms with Gasteiger partial charge in [0.15, 0.2) is 0 Å². The van der Waals surface area contributed by atoms with Crippen LogP contribution in [0.3, 0.4) is 0 Å². The highest BCUT2D eigenvalue weighted by molar-refractivity contribution is 7.87. The van der Waals surface area contributed by atoms with Gasteiger partial charge in [-0.3, -0.25) is 0 Å². The quantitative estimate of drug-likeness (QED) is 0.752. The first-order valence-electron chi connectivity index (χ1n) is 6.96. The molecule has 0 unspecified atom stereocenters. The number of hydrogen-bond acceptors (Lipinski definition) is 3. The van der Waals surface area contributed by atoms with E-state index in [1.54, 1.807) is 0 Å². The Kier molecular flexibility index (Phi) is 6.55. The molecule has 1 aliphatic heterocycles. The van der Waals surface area contributed by atoms with Gasteiger partial charge in [0, 0.05) is 32.7 Å². The van der Waals surface area contributed by atoms with Crippen LogP contribution in [-0.4, -0.2) is 56.9 Å². The molecule has 1 atom stereocenters. The summed E-state index contributed by atoms with van der Waals surface area (Å²) >= 11 is 0. The molecule has 0 aromatic carbocycles. The van der Waals surface area contributed by atoms with Gasteiger partial charge >= 0.3 is 0 Å². The fraction of sp³-hybridized carbons (Fsp3) is 1.00. The normalized spacial score (nSPS) is 22.6. The maximum atomic E-state index is 11.9. The van der Waals surface area contributed by atoms with Gasteiger partial charge in [-0.2, -0.15) is 12.7 Å². The fourth-order valence-corrected chi connectivity index (χ4v) is 3.69. The minimum Gasteiger partial charge on any atom is -0.302 e. The summed E-state index contributed by atoms with van der Waals surface area (Å²) in [5.41, 5.74) is 0. The Morgan fingerprint density at radius 2 is 2.00 bits per heavy atom. The van der Waals surface area contributed by atoms with Gasteiger partial charge in [-0.05, 0) is 25.3 Å². The van der Waals surface area contributed by atoms with E-state index in [2.05, 4.69) is 16.5 Å². The van der Waals surface area contributed by atoms with Crippen LogP contribution in [0.25, 0.3) is 0 Å². The lowest BCUT2D eigenvalue weighted by Crippen LogP contribution is -2.45. The zero-order valence-electron chi connectivity index (χ0n) is 11.9. The van der Waals surface area contributed by atoms with E-state index in [1.807, 2.05) is 13.8 Å². The third-order valence-electron chi connectivity index (χ3n) is 3.50. The number of likely N-dealkylation sites (tertiary alicyclic amines) is 1. The van der Waals surface area contributed by atoms with Crippen molar-refractivity contribution < 1.29 is 8.42 Å². The molecule has 0 spiro atoms. The zero-order valence-corrected chi connectivity index (χ0v) is 12.7. The van der Waals surface area contributed by atoms with Gasteiger partial charge < -0.3 is 4.90 Å². The molecule has 108 valence electrons. The third-order valence-corrected chi connectivity index (χ3v) is 5.26. The van der Waals surface area contributed by atoms with Crippen LogP contribution in [0.1, 0.15) is 33.6 Å². The van der Waals surface area contributed by atoms with Crippen molar-refractivity contribution in [1.82, 2.24) is 13.9 Å². The summed E-state index contributed by atoms with van der Waals surface area (Å²) in [5, 5.41) is 0. The van der Waals surface area contributed by atoms with Crippen LogP contribution in [0.5, 0.6) is 0 Å². The van der Waals surface area contributed by atoms with Crippen molar-refractivity contribution in [3.8, 4) is 0 Å². The average molecular weight is 277 g/mol. The first-order valence-corrected chi connectivity index (χ1v) is 8.40. The molecule has 0 aliphatic carbocycles. The van der Waals surface area contributed by atoms with Gasteiger partial charge in [0.2, 0.25) is 0 Å². The highest BCUT2D eigenvalue weighted by Gasteiger charge is 2.19. The number of nitrogens with one attached hydrogen (secondary N) is 1. The Bertz CT molecular complexity index is 328. The molecule has 1 rings (SSSR count). The number of rotatable bonds is 7. The molecule has 1 aliphatic rings. The lowest BCUT2D eigenvalue weighted by molar-refractivity contribution is 0.187. The largest absolute Gasteiger partial charge is 0.302 e. The molecule has 6 heteroatoms. The number of hydrogen-bond donors (Lipinski definition) is 1. The molecule has 0 radical (unpaired) electrons. The second-order valence-electron chi connectivity index (χ2n) is 5.03. The summed E-state index contributed by atoms with van der Waals surface area (Å²) in [6.07, 6.45) is 2.52. The Labute approximate surface area is 112 Å². The summed E-state index contributed by atoms with van der Waals surface area (Å²) < 4.78 is 27.9. The van der Waals surface area contributed by atoms with E-state index in [9.17, 15) is 8.42 Å². The van der Waals surface area contributed by atoms with E-state index in [4.69, 9.17) is 0 Å². The van der Waals surface area contributed by atoms with Crippen molar-refractivity contribution in [2.45, 2.75) is 33.6 Å². The molecular weight excluding hydrogens is 250 g/mol.